The molecule has 1 aliphatic rings. The zero-order valence-corrected chi connectivity index (χ0v) is 14.7. The number of hydrogen-bond donors (Lipinski definition) is 1. The van der Waals surface area contributed by atoms with Crippen LogP contribution in [-0.4, -0.2) is 33.8 Å². The first-order valence-electron chi connectivity index (χ1n) is 8.24. The molecule has 1 saturated carbocycles. The van der Waals surface area contributed by atoms with Crippen LogP contribution in [0, 0.1) is 12.8 Å². The van der Waals surface area contributed by atoms with Gasteiger partial charge in [-0.25, -0.2) is 22.9 Å². The number of nitrogens with zero attached hydrogens (tertiary/aromatic N) is 4. The lowest BCUT2D eigenvalue weighted by molar-refractivity contribution is 0.347. The highest BCUT2D eigenvalue weighted by molar-refractivity contribution is 7.91. The third-order valence-corrected chi connectivity index (χ3v) is 6.74. The van der Waals surface area contributed by atoms with Gasteiger partial charge >= 0.3 is 0 Å². The first-order valence-corrected chi connectivity index (χ1v) is 9.89. The van der Waals surface area contributed by atoms with Crippen molar-refractivity contribution in [2.75, 3.05) is 11.5 Å². The molecule has 7 nitrogen and oxygen atoms in total. The van der Waals surface area contributed by atoms with E-state index in [1.54, 1.807) is 22.8 Å². The highest BCUT2D eigenvalue weighted by Gasteiger charge is 2.26. The summed E-state index contributed by atoms with van der Waals surface area (Å²) in [7, 11) is -3.30. The number of benzene rings is 1. The molecule has 0 bridgehead atoms. The van der Waals surface area contributed by atoms with Crippen LogP contribution < -0.4 is 5.73 Å². The Kier molecular flexibility index (Phi) is 3.72. The largest absolute Gasteiger partial charge is 0.381 e. The van der Waals surface area contributed by atoms with Gasteiger partial charge in [0.1, 0.15) is 6.33 Å². The van der Waals surface area contributed by atoms with Crippen LogP contribution in [0.15, 0.2) is 35.6 Å². The Hall–Kier alpha value is -2.48. The van der Waals surface area contributed by atoms with Gasteiger partial charge in [-0.05, 0) is 43.4 Å². The second kappa shape index (κ2) is 5.80. The number of aryl methyl sites for hydroxylation is 1. The Morgan fingerprint density at radius 2 is 2.08 bits per heavy atom. The first-order chi connectivity index (χ1) is 12.0. The van der Waals surface area contributed by atoms with Crippen molar-refractivity contribution in [2.45, 2.75) is 31.1 Å². The maximum absolute atomic E-state index is 12.7. The molecule has 0 atom stereocenters. The molecule has 0 unspecified atom stereocenters. The van der Waals surface area contributed by atoms with Crippen LogP contribution in [0.2, 0.25) is 0 Å². The minimum Gasteiger partial charge on any atom is -0.381 e. The molecular weight excluding hydrogens is 338 g/mol. The predicted octanol–water partition coefficient (Wildman–Crippen LogP) is 2.26. The SMILES string of the molecule is Cc1ccc(S(=O)(=O)CC2CCC2)cc1-c1cnc2c(N)ncnn12. The molecule has 0 saturated heterocycles. The van der Waals surface area contributed by atoms with Crippen molar-refractivity contribution >= 4 is 21.3 Å². The van der Waals surface area contributed by atoms with E-state index in [0.717, 1.165) is 30.4 Å². The zero-order chi connectivity index (χ0) is 17.6. The lowest BCUT2D eigenvalue weighted by Gasteiger charge is -2.25. The molecule has 0 aliphatic heterocycles. The van der Waals surface area contributed by atoms with Crippen LogP contribution in [0.4, 0.5) is 5.82 Å². The Morgan fingerprint density at radius 3 is 2.80 bits per heavy atom. The second-order valence-electron chi connectivity index (χ2n) is 6.58. The van der Waals surface area contributed by atoms with Crippen LogP contribution in [-0.2, 0) is 9.84 Å². The van der Waals surface area contributed by atoms with Crippen molar-refractivity contribution in [1.29, 1.82) is 0 Å². The highest BCUT2D eigenvalue weighted by Crippen LogP contribution is 2.32. The van der Waals surface area contributed by atoms with Gasteiger partial charge in [0.25, 0.3) is 0 Å². The summed E-state index contributed by atoms with van der Waals surface area (Å²) >= 11 is 0. The summed E-state index contributed by atoms with van der Waals surface area (Å²) < 4.78 is 27.0. The maximum atomic E-state index is 12.7. The topological polar surface area (TPSA) is 103 Å². The highest BCUT2D eigenvalue weighted by atomic mass is 32.2. The number of sulfone groups is 1. The summed E-state index contributed by atoms with van der Waals surface area (Å²) in [4.78, 5) is 8.54. The summed E-state index contributed by atoms with van der Waals surface area (Å²) in [5, 5.41) is 4.20. The number of nitrogens with two attached hydrogens (primary N) is 1. The number of imidazole rings is 1. The Bertz CT molecular complexity index is 1050. The van der Waals surface area contributed by atoms with Crippen molar-refractivity contribution < 1.29 is 8.42 Å². The van der Waals surface area contributed by atoms with E-state index in [4.69, 9.17) is 5.73 Å². The van der Waals surface area contributed by atoms with E-state index in [-0.39, 0.29) is 17.5 Å². The normalized spacial score (nSPS) is 15.4. The molecule has 8 heteroatoms. The number of hydrogen-bond acceptors (Lipinski definition) is 6. The summed E-state index contributed by atoms with van der Waals surface area (Å²) in [6.45, 7) is 1.93. The molecule has 0 amide bonds. The molecule has 130 valence electrons. The smallest absolute Gasteiger partial charge is 0.197 e. The summed E-state index contributed by atoms with van der Waals surface area (Å²) in [6.07, 6.45) is 6.14. The molecule has 1 aliphatic carbocycles. The van der Waals surface area contributed by atoms with Gasteiger partial charge in [-0.15, -0.1) is 0 Å². The molecular formula is C17H19N5O2S. The minimum absolute atomic E-state index is 0.220. The van der Waals surface area contributed by atoms with Crippen LogP contribution in [0.25, 0.3) is 16.9 Å². The minimum atomic E-state index is -3.30. The van der Waals surface area contributed by atoms with Gasteiger partial charge in [0.05, 0.1) is 22.5 Å². The maximum Gasteiger partial charge on any atom is 0.197 e. The van der Waals surface area contributed by atoms with Crippen molar-refractivity contribution in [3.8, 4) is 11.3 Å². The standard InChI is InChI=1S/C17H19N5O2S/c1-11-5-6-13(25(23,24)9-12-3-2-4-12)7-14(11)15-8-19-17-16(18)20-10-21-22(15)17/h5-8,10,12H,2-4,9H2,1H3,(H2,18,20,21). The van der Waals surface area contributed by atoms with Gasteiger partial charge in [0.2, 0.25) is 0 Å². The van der Waals surface area contributed by atoms with E-state index >= 15 is 0 Å². The molecule has 0 radical (unpaired) electrons. The summed E-state index contributed by atoms with van der Waals surface area (Å²) in [5.41, 5.74) is 8.71. The monoisotopic (exact) mass is 357 g/mol. The summed E-state index contributed by atoms with van der Waals surface area (Å²) in [6, 6.07) is 5.22. The van der Waals surface area contributed by atoms with Gasteiger partial charge in [0, 0.05) is 5.56 Å². The fourth-order valence-electron chi connectivity index (χ4n) is 3.15. The quantitative estimate of drug-likeness (QED) is 0.768. The zero-order valence-electron chi connectivity index (χ0n) is 13.9. The van der Waals surface area contributed by atoms with E-state index < -0.39 is 9.84 Å². The van der Waals surface area contributed by atoms with Crippen LogP contribution in [0.1, 0.15) is 24.8 Å². The molecule has 3 aromatic rings. The van der Waals surface area contributed by atoms with E-state index in [1.807, 2.05) is 13.0 Å². The molecule has 25 heavy (non-hydrogen) atoms. The molecule has 0 spiro atoms. The average molecular weight is 357 g/mol. The number of aromatic nitrogens is 4. The van der Waals surface area contributed by atoms with E-state index in [2.05, 4.69) is 15.1 Å². The van der Waals surface area contributed by atoms with Crippen LogP contribution in [0.3, 0.4) is 0 Å². The van der Waals surface area contributed by atoms with Crippen molar-refractivity contribution in [1.82, 2.24) is 19.6 Å². The van der Waals surface area contributed by atoms with Crippen molar-refractivity contribution in [3.05, 3.63) is 36.3 Å². The number of fused-ring (bicyclic) bond motifs is 1. The van der Waals surface area contributed by atoms with E-state index in [9.17, 15) is 8.42 Å². The molecule has 1 aromatic carbocycles. The number of nitrogen functional groups attached to an aromatic ring is 1. The fraction of sp³-hybridized carbons (Fsp3) is 0.353. The van der Waals surface area contributed by atoms with Gasteiger partial charge in [-0.2, -0.15) is 5.10 Å². The van der Waals surface area contributed by atoms with Crippen molar-refractivity contribution in [3.63, 3.8) is 0 Å². The fourth-order valence-corrected chi connectivity index (χ4v) is 4.87. The van der Waals surface area contributed by atoms with Gasteiger partial charge in [-0.1, -0.05) is 12.5 Å². The Morgan fingerprint density at radius 1 is 1.28 bits per heavy atom. The predicted molar refractivity (Wildman–Crippen MR) is 94.8 cm³/mol. The van der Waals surface area contributed by atoms with E-state index in [1.165, 1.54) is 6.33 Å². The molecule has 2 heterocycles. The third kappa shape index (κ3) is 2.76. The summed E-state index contributed by atoms with van der Waals surface area (Å²) in [5.74, 6) is 0.795. The third-order valence-electron chi connectivity index (χ3n) is 4.85. The number of rotatable bonds is 4. The Labute approximate surface area is 145 Å². The van der Waals surface area contributed by atoms with Crippen molar-refractivity contribution in [2.24, 2.45) is 5.92 Å². The molecule has 2 aromatic heterocycles. The lowest BCUT2D eigenvalue weighted by atomic mass is 9.87. The van der Waals surface area contributed by atoms with E-state index in [0.29, 0.717) is 16.2 Å². The van der Waals surface area contributed by atoms with Crippen LogP contribution >= 0.6 is 0 Å². The lowest BCUT2D eigenvalue weighted by Crippen LogP contribution is -2.22. The van der Waals surface area contributed by atoms with Crippen LogP contribution in [0.5, 0.6) is 0 Å². The molecule has 2 N–H and O–H groups in total. The molecule has 4 rings (SSSR count). The van der Waals surface area contributed by atoms with Gasteiger partial charge in [-0.3, -0.25) is 0 Å². The number of anilines is 1. The van der Waals surface area contributed by atoms with Gasteiger partial charge in [0.15, 0.2) is 21.3 Å². The second-order valence-corrected chi connectivity index (χ2v) is 8.61. The average Bonchev–Trinajstić information content (AvgIpc) is 2.97. The first kappa shape index (κ1) is 16.0. The van der Waals surface area contributed by atoms with Gasteiger partial charge < -0.3 is 5.73 Å². The molecule has 1 fully saturated rings. The Balaban J connectivity index is 1.81.